The quantitative estimate of drug-likeness (QED) is 0.726. The molecule has 0 aliphatic rings. The molecule has 20 heavy (non-hydrogen) atoms. The van der Waals surface area contributed by atoms with E-state index in [0.29, 0.717) is 0 Å². The molecule has 1 heterocycles. The van der Waals surface area contributed by atoms with Crippen molar-refractivity contribution in [3.8, 4) is 0 Å². The highest BCUT2D eigenvalue weighted by Gasteiger charge is 2.28. The van der Waals surface area contributed by atoms with Crippen LogP contribution in [-0.4, -0.2) is 59.9 Å². The number of hydrogen-bond acceptors (Lipinski definition) is 5. The summed E-state index contributed by atoms with van der Waals surface area (Å²) in [4.78, 5) is 10.5. The van der Waals surface area contributed by atoms with Gasteiger partial charge in [-0.2, -0.15) is 9.40 Å². The number of hydrogen-bond donors (Lipinski definition) is 1. The molecule has 0 saturated heterocycles. The van der Waals surface area contributed by atoms with Crippen molar-refractivity contribution in [2.24, 2.45) is 0 Å². The maximum Gasteiger partial charge on any atom is 0.325 e. The minimum absolute atomic E-state index is 0.0245. The van der Waals surface area contributed by atoms with Crippen molar-refractivity contribution in [1.82, 2.24) is 14.1 Å². The van der Waals surface area contributed by atoms with Gasteiger partial charge in [0, 0.05) is 25.9 Å². The first-order chi connectivity index (χ1) is 9.28. The molecule has 0 amide bonds. The van der Waals surface area contributed by atoms with Crippen molar-refractivity contribution < 1.29 is 23.1 Å². The SMILES string of the molecule is COCCN(C(C)C)S(=O)(=O)c1cnn(CC(=O)O)c1. The number of aliphatic carboxylic acids is 1. The van der Waals surface area contributed by atoms with Crippen LogP contribution < -0.4 is 0 Å². The van der Waals surface area contributed by atoms with Crippen molar-refractivity contribution in [3.05, 3.63) is 12.4 Å². The van der Waals surface area contributed by atoms with E-state index in [-0.39, 0.29) is 30.6 Å². The van der Waals surface area contributed by atoms with Crippen LogP contribution in [0.5, 0.6) is 0 Å². The zero-order valence-electron chi connectivity index (χ0n) is 11.7. The number of ether oxygens (including phenoxy) is 1. The number of sulfonamides is 1. The number of carboxylic acids is 1. The largest absolute Gasteiger partial charge is 0.480 e. The number of carbonyl (C=O) groups is 1. The Labute approximate surface area is 118 Å². The van der Waals surface area contributed by atoms with Gasteiger partial charge < -0.3 is 9.84 Å². The van der Waals surface area contributed by atoms with E-state index in [1.54, 1.807) is 13.8 Å². The predicted molar refractivity (Wildman–Crippen MR) is 70.8 cm³/mol. The standard InChI is InChI=1S/C11H19N3O5S/c1-9(2)14(4-5-19-3)20(17,18)10-6-12-13(7-10)8-11(15)16/h6-7,9H,4-5,8H2,1-3H3,(H,15,16). The average Bonchev–Trinajstić information content (AvgIpc) is 2.77. The summed E-state index contributed by atoms with van der Waals surface area (Å²) in [7, 11) is -2.21. The lowest BCUT2D eigenvalue weighted by Gasteiger charge is -2.24. The molecule has 0 aliphatic heterocycles. The summed E-state index contributed by atoms with van der Waals surface area (Å²) in [6.07, 6.45) is 2.37. The minimum atomic E-state index is -3.71. The van der Waals surface area contributed by atoms with Gasteiger partial charge in [-0.3, -0.25) is 9.48 Å². The maximum atomic E-state index is 12.4. The smallest absolute Gasteiger partial charge is 0.325 e. The molecule has 1 rings (SSSR count). The fourth-order valence-electron chi connectivity index (χ4n) is 1.68. The molecule has 1 N–H and O–H groups in total. The normalized spacial score (nSPS) is 12.2. The second-order valence-corrected chi connectivity index (χ2v) is 6.36. The summed E-state index contributed by atoms with van der Waals surface area (Å²) in [6, 6.07) is -0.238. The Morgan fingerprint density at radius 3 is 2.70 bits per heavy atom. The van der Waals surface area contributed by atoms with E-state index in [4.69, 9.17) is 9.84 Å². The zero-order valence-corrected chi connectivity index (χ0v) is 12.5. The molecule has 0 fully saturated rings. The molecule has 1 aromatic heterocycles. The summed E-state index contributed by atoms with van der Waals surface area (Å²) in [5.41, 5.74) is 0. The van der Waals surface area contributed by atoms with Gasteiger partial charge in [0.05, 0.1) is 12.8 Å². The van der Waals surface area contributed by atoms with Crippen LogP contribution in [0.4, 0.5) is 0 Å². The van der Waals surface area contributed by atoms with Crippen molar-refractivity contribution in [1.29, 1.82) is 0 Å². The summed E-state index contributed by atoms with van der Waals surface area (Å²) < 4.78 is 32.2. The van der Waals surface area contributed by atoms with Gasteiger partial charge >= 0.3 is 5.97 Å². The Bertz CT molecular complexity index is 552. The second-order valence-electron chi connectivity index (χ2n) is 4.47. The van der Waals surface area contributed by atoms with Crippen LogP contribution in [0.25, 0.3) is 0 Å². The summed E-state index contributed by atoms with van der Waals surface area (Å²) >= 11 is 0. The molecule has 0 aliphatic carbocycles. The van der Waals surface area contributed by atoms with Crippen LogP contribution in [0.2, 0.25) is 0 Å². The van der Waals surface area contributed by atoms with Gasteiger partial charge in [0.2, 0.25) is 10.0 Å². The van der Waals surface area contributed by atoms with Gasteiger partial charge in [-0.1, -0.05) is 0 Å². The van der Waals surface area contributed by atoms with Crippen molar-refractivity contribution in [3.63, 3.8) is 0 Å². The predicted octanol–water partition coefficient (Wildman–Crippen LogP) is 0.0132. The third kappa shape index (κ3) is 4.02. The summed E-state index contributed by atoms with van der Waals surface area (Å²) in [5.74, 6) is -1.09. The molecule has 0 spiro atoms. The maximum absolute atomic E-state index is 12.4. The van der Waals surface area contributed by atoms with Gasteiger partial charge in [0.1, 0.15) is 11.4 Å². The molecular formula is C11H19N3O5S. The van der Waals surface area contributed by atoms with Crippen LogP contribution in [0.3, 0.4) is 0 Å². The molecule has 8 nitrogen and oxygen atoms in total. The van der Waals surface area contributed by atoms with Crippen LogP contribution in [0.15, 0.2) is 17.3 Å². The van der Waals surface area contributed by atoms with E-state index in [0.717, 1.165) is 10.9 Å². The van der Waals surface area contributed by atoms with E-state index in [1.807, 2.05) is 0 Å². The number of aromatic nitrogens is 2. The Hall–Kier alpha value is -1.45. The highest BCUT2D eigenvalue weighted by Crippen LogP contribution is 2.17. The van der Waals surface area contributed by atoms with E-state index in [1.165, 1.54) is 17.6 Å². The van der Waals surface area contributed by atoms with Gasteiger partial charge in [0.25, 0.3) is 0 Å². The topological polar surface area (TPSA) is 102 Å². The first-order valence-corrected chi connectivity index (χ1v) is 7.48. The number of rotatable bonds is 8. The van der Waals surface area contributed by atoms with Crippen LogP contribution in [-0.2, 0) is 26.1 Å². The zero-order chi connectivity index (χ0) is 15.3. The third-order valence-corrected chi connectivity index (χ3v) is 4.63. The van der Waals surface area contributed by atoms with Crippen molar-refractivity contribution >= 4 is 16.0 Å². The Morgan fingerprint density at radius 1 is 1.55 bits per heavy atom. The van der Waals surface area contributed by atoms with Crippen molar-refractivity contribution in [2.75, 3.05) is 20.3 Å². The first-order valence-electron chi connectivity index (χ1n) is 6.04. The van der Waals surface area contributed by atoms with Gasteiger partial charge in [-0.25, -0.2) is 8.42 Å². The lowest BCUT2D eigenvalue weighted by Crippen LogP contribution is -2.39. The molecule has 0 aromatic carbocycles. The lowest BCUT2D eigenvalue weighted by atomic mass is 10.4. The van der Waals surface area contributed by atoms with E-state index in [2.05, 4.69) is 5.10 Å². The van der Waals surface area contributed by atoms with Gasteiger partial charge in [-0.15, -0.1) is 0 Å². The highest BCUT2D eigenvalue weighted by atomic mass is 32.2. The molecule has 0 saturated carbocycles. The number of nitrogens with zero attached hydrogens (tertiary/aromatic N) is 3. The fraction of sp³-hybridized carbons (Fsp3) is 0.636. The summed E-state index contributed by atoms with van der Waals surface area (Å²) in [5, 5.41) is 12.4. The second kappa shape index (κ2) is 6.82. The van der Waals surface area contributed by atoms with Crippen molar-refractivity contribution in [2.45, 2.75) is 31.3 Å². The van der Waals surface area contributed by atoms with Crippen LogP contribution in [0.1, 0.15) is 13.8 Å². The molecule has 9 heteroatoms. The van der Waals surface area contributed by atoms with Gasteiger partial charge in [-0.05, 0) is 13.8 Å². The number of carboxylic acid groups (broad SMARTS) is 1. The Morgan fingerprint density at radius 2 is 2.20 bits per heavy atom. The third-order valence-electron chi connectivity index (χ3n) is 2.61. The molecule has 1 aromatic rings. The molecule has 0 bridgehead atoms. The molecule has 0 radical (unpaired) electrons. The fourth-order valence-corrected chi connectivity index (χ4v) is 3.25. The Kier molecular flexibility index (Phi) is 5.66. The molecule has 114 valence electrons. The summed E-state index contributed by atoms with van der Waals surface area (Å²) in [6.45, 7) is 3.64. The van der Waals surface area contributed by atoms with E-state index < -0.39 is 16.0 Å². The Balaban J connectivity index is 3.00. The minimum Gasteiger partial charge on any atom is -0.480 e. The van der Waals surface area contributed by atoms with Gasteiger partial charge in [0.15, 0.2) is 0 Å². The molecule has 0 unspecified atom stereocenters. The van der Waals surface area contributed by atoms with E-state index in [9.17, 15) is 13.2 Å². The van der Waals surface area contributed by atoms with Crippen LogP contribution in [0, 0.1) is 0 Å². The molecular weight excluding hydrogens is 286 g/mol. The lowest BCUT2D eigenvalue weighted by molar-refractivity contribution is -0.137. The first kappa shape index (κ1) is 16.6. The highest BCUT2D eigenvalue weighted by molar-refractivity contribution is 7.89. The monoisotopic (exact) mass is 305 g/mol. The van der Waals surface area contributed by atoms with Crippen LogP contribution >= 0.6 is 0 Å². The number of methoxy groups -OCH3 is 1. The van der Waals surface area contributed by atoms with E-state index >= 15 is 0 Å². The molecule has 0 atom stereocenters. The average molecular weight is 305 g/mol.